The number of carbonyl (C=O) groups is 1. The molecule has 0 heterocycles. The summed E-state index contributed by atoms with van der Waals surface area (Å²) in [5.41, 5.74) is -0.329. The minimum absolute atomic E-state index is 0.191. The zero-order valence-corrected chi connectivity index (χ0v) is 15.7. The van der Waals surface area contributed by atoms with E-state index in [0.29, 0.717) is 23.2 Å². The molecule has 3 rings (SSSR count). The van der Waals surface area contributed by atoms with Crippen LogP contribution in [0.3, 0.4) is 0 Å². The second kappa shape index (κ2) is 7.92. The van der Waals surface area contributed by atoms with Crippen LogP contribution in [0.2, 0.25) is 0 Å². The maximum Gasteiger partial charge on any atom is 0.303 e. The predicted octanol–water partition coefficient (Wildman–Crippen LogP) is 3.72. The van der Waals surface area contributed by atoms with Gasteiger partial charge in [-0.15, -0.1) is 0 Å². The lowest BCUT2D eigenvalue weighted by atomic mass is 9.81. The van der Waals surface area contributed by atoms with Crippen molar-refractivity contribution in [2.24, 2.45) is 11.8 Å². The van der Waals surface area contributed by atoms with Gasteiger partial charge in [-0.3, -0.25) is 4.79 Å². The van der Waals surface area contributed by atoms with Crippen molar-refractivity contribution in [3.8, 4) is 0 Å². The van der Waals surface area contributed by atoms with Crippen LogP contribution in [0.5, 0.6) is 0 Å². The van der Waals surface area contributed by atoms with Gasteiger partial charge in [0, 0.05) is 12.0 Å². The van der Waals surface area contributed by atoms with Crippen LogP contribution in [0.4, 0.5) is 0 Å². The topological polar surface area (TPSA) is 83.5 Å². The lowest BCUT2D eigenvalue weighted by molar-refractivity contribution is -0.137. The number of aliphatic carboxylic acids is 1. The Bertz CT molecular complexity index is 759. The van der Waals surface area contributed by atoms with Gasteiger partial charge in [0.1, 0.15) is 0 Å². The number of unbranched alkanes of at least 4 members (excludes halogenated alkanes) is 1. The van der Waals surface area contributed by atoms with Crippen molar-refractivity contribution < 1.29 is 18.3 Å². The van der Waals surface area contributed by atoms with Gasteiger partial charge in [0.05, 0.1) is 4.90 Å². The highest BCUT2D eigenvalue weighted by Gasteiger charge is 2.53. The number of allylic oxidation sites excluding steroid dienone is 2. The molecule has 2 aliphatic carbocycles. The second-order valence-electron chi connectivity index (χ2n) is 7.61. The maximum absolute atomic E-state index is 12.8. The van der Waals surface area contributed by atoms with Gasteiger partial charge in [-0.1, -0.05) is 30.4 Å². The van der Waals surface area contributed by atoms with Gasteiger partial charge in [0.2, 0.25) is 10.0 Å². The van der Waals surface area contributed by atoms with Crippen LogP contribution in [-0.2, 0) is 14.8 Å². The van der Waals surface area contributed by atoms with E-state index in [1.165, 1.54) is 0 Å². The standard InChI is InChI=1S/C20H27NO4S/c22-19(23)11-7-2-1-4-8-17-14-16-12-13-20(17,15-16)21-26(24,25)18-9-5-3-6-10-18/h1,3-6,9-10,16-17,21H,2,7-8,11-15H2,(H,22,23)/t16-,17+,20+/m0/s1. The molecule has 6 heteroatoms. The monoisotopic (exact) mass is 377 g/mol. The van der Waals surface area contributed by atoms with E-state index in [1.54, 1.807) is 24.3 Å². The Morgan fingerprint density at radius 2 is 2.04 bits per heavy atom. The summed E-state index contributed by atoms with van der Waals surface area (Å²) in [7, 11) is -3.51. The first-order valence-electron chi connectivity index (χ1n) is 9.37. The van der Waals surface area contributed by atoms with Crippen LogP contribution < -0.4 is 4.72 Å². The largest absolute Gasteiger partial charge is 0.481 e. The average Bonchev–Trinajstić information content (AvgIpc) is 3.15. The van der Waals surface area contributed by atoms with E-state index >= 15 is 0 Å². The second-order valence-corrected chi connectivity index (χ2v) is 9.29. The predicted molar refractivity (Wildman–Crippen MR) is 100 cm³/mol. The first kappa shape index (κ1) is 19.1. The smallest absolute Gasteiger partial charge is 0.303 e. The third kappa shape index (κ3) is 4.35. The summed E-state index contributed by atoms with van der Waals surface area (Å²) in [4.78, 5) is 10.9. The summed E-state index contributed by atoms with van der Waals surface area (Å²) >= 11 is 0. The van der Waals surface area contributed by atoms with Gasteiger partial charge in [-0.25, -0.2) is 13.1 Å². The highest BCUT2D eigenvalue weighted by Crippen LogP contribution is 2.53. The fraction of sp³-hybridized carbons (Fsp3) is 0.550. The minimum atomic E-state index is -3.51. The summed E-state index contributed by atoms with van der Waals surface area (Å²) in [6.45, 7) is 0. The molecule has 26 heavy (non-hydrogen) atoms. The third-order valence-electron chi connectivity index (χ3n) is 5.79. The summed E-state index contributed by atoms with van der Waals surface area (Å²) in [5, 5.41) is 8.66. The van der Waals surface area contributed by atoms with E-state index in [9.17, 15) is 13.2 Å². The summed E-state index contributed by atoms with van der Waals surface area (Å²) in [5.74, 6) is 0.162. The zero-order chi connectivity index (χ0) is 18.6. The number of carboxylic acids is 1. The van der Waals surface area contributed by atoms with E-state index in [-0.39, 0.29) is 12.0 Å². The number of nitrogens with one attached hydrogen (secondary N) is 1. The molecule has 0 spiro atoms. The Kier molecular flexibility index (Phi) is 5.82. The Morgan fingerprint density at radius 3 is 2.73 bits per heavy atom. The number of benzene rings is 1. The van der Waals surface area contributed by atoms with Crippen molar-refractivity contribution in [1.29, 1.82) is 0 Å². The molecule has 0 saturated heterocycles. The lowest BCUT2D eigenvalue weighted by Gasteiger charge is -2.35. The van der Waals surface area contributed by atoms with Crippen molar-refractivity contribution in [2.45, 2.75) is 61.8 Å². The van der Waals surface area contributed by atoms with Crippen molar-refractivity contribution in [2.75, 3.05) is 0 Å². The number of fused-ring (bicyclic) bond motifs is 2. The molecule has 2 bridgehead atoms. The van der Waals surface area contributed by atoms with Crippen molar-refractivity contribution in [3.63, 3.8) is 0 Å². The molecule has 3 atom stereocenters. The third-order valence-corrected chi connectivity index (χ3v) is 7.36. The maximum atomic E-state index is 12.8. The number of carboxylic acid groups (broad SMARTS) is 1. The van der Waals surface area contributed by atoms with E-state index in [4.69, 9.17) is 5.11 Å². The number of hydrogen-bond acceptors (Lipinski definition) is 3. The highest BCUT2D eigenvalue weighted by molar-refractivity contribution is 7.89. The van der Waals surface area contributed by atoms with Crippen LogP contribution in [-0.4, -0.2) is 25.0 Å². The molecule has 2 saturated carbocycles. The van der Waals surface area contributed by atoms with Crippen molar-refractivity contribution in [3.05, 3.63) is 42.5 Å². The van der Waals surface area contributed by atoms with Crippen LogP contribution in [0.25, 0.3) is 0 Å². The van der Waals surface area contributed by atoms with E-state index in [1.807, 2.05) is 12.1 Å². The Labute approximate surface area is 155 Å². The number of hydrogen-bond donors (Lipinski definition) is 2. The summed E-state index contributed by atoms with van der Waals surface area (Å²) in [6.07, 6.45) is 10.6. The van der Waals surface area contributed by atoms with E-state index in [2.05, 4.69) is 10.8 Å². The number of rotatable bonds is 9. The first-order valence-corrected chi connectivity index (χ1v) is 10.9. The molecule has 0 unspecified atom stereocenters. The first-order chi connectivity index (χ1) is 12.4. The molecular weight excluding hydrogens is 350 g/mol. The SMILES string of the molecule is O=C(O)CCCC=CC[C@@H]1C[C@@H]2CC[C@@]1(NS(=O)(=O)c1ccccc1)C2. The van der Waals surface area contributed by atoms with Crippen LogP contribution in [0, 0.1) is 11.8 Å². The molecule has 0 radical (unpaired) electrons. The molecule has 2 fully saturated rings. The van der Waals surface area contributed by atoms with Crippen LogP contribution in [0.1, 0.15) is 51.4 Å². The van der Waals surface area contributed by atoms with E-state index < -0.39 is 16.0 Å². The van der Waals surface area contributed by atoms with Gasteiger partial charge in [-0.05, 0) is 68.9 Å². The van der Waals surface area contributed by atoms with Gasteiger partial charge < -0.3 is 5.11 Å². The normalized spacial score (nSPS) is 28.0. The highest BCUT2D eigenvalue weighted by atomic mass is 32.2. The molecule has 0 aromatic heterocycles. The van der Waals surface area contributed by atoms with E-state index in [0.717, 1.165) is 38.5 Å². The Balaban J connectivity index is 1.63. The lowest BCUT2D eigenvalue weighted by Crippen LogP contribution is -2.50. The Morgan fingerprint density at radius 1 is 1.27 bits per heavy atom. The summed E-state index contributed by atoms with van der Waals surface area (Å²) in [6, 6.07) is 8.58. The molecule has 0 amide bonds. The average molecular weight is 378 g/mol. The molecule has 0 aliphatic heterocycles. The van der Waals surface area contributed by atoms with Crippen molar-refractivity contribution in [1.82, 2.24) is 4.72 Å². The zero-order valence-electron chi connectivity index (χ0n) is 14.9. The van der Waals surface area contributed by atoms with Gasteiger partial charge in [-0.2, -0.15) is 0 Å². The molecular formula is C20H27NO4S. The Hall–Kier alpha value is -1.66. The van der Waals surface area contributed by atoms with Crippen LogP contribution in [0.15, 0.2) is 47.4 Å². The quantitative estimate of drug-likeness (QED) is 0.507. The molecule has 2 aliphatic rings. The molecule has 2 N–H and O–H groups in total. The molecule has 5 nitrogen and oxygen atoms in total. The molecule has 142 valence electrons. The van der Waals surface area contributed by atoms with Gasteiger partial charge in [0.25, 0.3) is 0 Å². The van der Waals surface area contributed by atoms with Crippen molar-refractivity contribution >= 4 is 16.0 Å². The van der Waals surface area contributed by atoms with Gasteiger partial charge in [0.15, 0.2) is 0 Å². The van der Waals surface area contributed by atoms with Crippen LogP contribution >= 0.6 is 0 Å². The fourth-order valence-electron chi connectivity index (χ4n) is 4.55. The fourth-order valence-corrected chi connectivity index (χ4v) is 6.07. The minimum Gasteiger partial charge on any atom is -0.481 e. The summed E-state index contributed by atoms with van der Waals surface area (Å²) < 4.78 is 28.7. The molecule has 1 aromatic rings. The van der Waals surface area contributed by atoms with Gasteiger partial charge >= 0.3 is 5.97 Å². The number of sulfonamides is 1. The molecule has 1 aromatic carbocycles.